The van der Waals surface area contributed by atoms with Crippen molar-refractivity contribution in [1.82, 2.24) is 0 Å². The van der Waals surface area contributed by atoms with Gasteiger partial charge in [0.15, 0.2) is 0 Å². The van der Waals surface area contributed by atoms with Crippen LogP contribution in [0.3, 0.4) is 0 Å². The molecule has 1 nitrogen and oxygen atoms in total. The van der Waals surface area contributed by atoms with Gasteiger partial charge in [-0.3, -0.25) is 0 Å². The van der Waals surface area contributed by atoms with Gasteiger partial charge in [0, 0.05) is 6.42 Å². The molecule has 0 atom stereocenters. The Morgan fingerprint density at radius 3 is 2.22 bits per heavy atom. The van der Waals surface area contributed by atoms with Crippen LogP contribution in [0.15, 0.2) is 65.1 Å². The van der Waals surface area contributed by atoms with Crippen LogP contribution in [-0.4, -0.2) is 0 Å². The minimum atomic E-state index is 0.948. The van der Waals surface area contributed by atoms with Gasteiger partial charge in [0.05, 0.1) is 0 Å². The first kappa shape index (κ1) is 19.4. The van der Waals surface area contributed by atoms with Crippen LogP contribution in [0, 0.1) is 20.8 Å². The number of fused-ring (bicyclic) bond motifs is 2. The minimum absolute atomic E-state index is 0.948. The van der Waals surface area contributed by atoms with E-state index < -0.39 is 0 Å². The lowest BCUT2D eigenvalue weighted by atomic mass is 9.85. The van der Waals surface area contributed by atoms with Crippen molar-refractivity contribution in [2.45, 2.75) is 46.5 Å². The van der Waals surface area contributed by atoms with Crippen molar-refractivity contribution in [3.05, 3.63) is 106 Å². The van der Waals surface area contributed by atoms with Crippen LogP contribution >= 0.6 is 0 Å². The SMILES string of the molecule is Cc1ccc(C2=Cc3cc4c(c(-c5cc(C)c(-c6ccccc6)c(C)c5)c3C2)CCC4)o1. The standard InChI is InChI=1S/C31H28O/c1-19-14-26(15-20(2)30(19)22-8-5-4-6-9-22)31-27-11-7-10-23(27)16-24-17-25(18-28(24)31)29-13-12-21(3)32-29/h4-6,8-9,12-17H,7,10-11,18H2,1-3H3. The number of benzene rings is 3. The first-order valence-electron chi connectivity index (χ1n) is 11.7. The summed E-state index contributed by atoms with van der Waals surface area (Å²) >= 11 is 0. The lowest BCUT2D eigenvalue weighted by molar-refractivity contribution is 0.521. The van der Waals surface area contributed by atoms with Crippen molar-refractivity contribution in [3.63, 3.8) is 0 Å². The van der Waals surface area contributed by atoms with E-state index in [-0.39, 0.29) is 0 Å². The molecule has 0 bridgehead atoms. The minimum Gasteiger partial charge on any atom is -0.462 e. The van der Waals surface area contributed by atoms with E-state index in [1.165, 1.54) is 74.9 Å². The lowest BCUT2D eigenvalue weighted by Gasteiger charge is -2.19. The highest BCUT2D eigenvalue weighted by Crippen LogP contribution is 2.45. The van der Waals surface area contributed by atoms with Crippen LogP contribution in [0.25, 0.3) is 33.9 Å². The van der Waals surface area contributed by atoms with Crippen LogP contribution in [0.1, 0.15) is 51.3 Å². The van der Waals surface area contributed by atoms with Crippen LogP contribution < -0.4 is 0 Å². The van der Waals surface area contributed by atoms with E-state index in [1.54, 1.807) is 5.56 Å². The summed E-state index contributed by atoms with van der Waals surface area (Å²) in [6.45, 7) is 6.54. The van der Waals surface area contributed by atoms with Crippen LogP contribution in [0.4, 0.5) is 0 Å². The molecule has 0 fully saturated rings. The van der Waals surface area contributed by atoms with Crippen molar-refractivity contribution in [2.75, 3.05) is 0 Å². The van der Waals surface area contributed by atoms with E-state index in [1.807, 2.05) is 6.92 Å². The summed E-state index contributed by atoms with van der Waals surface area (Å²) in [4.78, 5) is 0. The molecular formula is C31H28O. The Morgan fingerprint density at radius 1 is 0.719 bits per heavy atom. The molecule has 0 aliphatic heterocycles. The molecule has 158 valence electrons. The molecule has 6 rings (SSSR count). The van der Waals surface area contributed by atoms with Crippen molar-refractivity contribution < 1.29 is 4.42 Å². The third kappa shape index (κ3) is 3.07. The zero-order valence-electron chi connectivity index (χ0n) is 19.1. The summed E-state index contributed by atoms with van der Waals surface area (Å²) in [7, 11) is 0. The molecule has 0 saturated carbocycles. The van der Waals surface area contributed by atoms with Crippen LogP contribution in [0.2, 0.25) is 0 Å². The topological polar surface area (TPSA) is 13.1 Å². The Balaban J connectivity index is 1.50. The second-order valence-electron chi connectivity index (χ2n) is 9.42. The van der Waals surface area contributed by atoms with Gasteiger partial charge in [-0.1, -0.05) is 48.5 Å². The molecule has 0 radical (unpaired) electrons. The number of furan rings is 1. The van der Waals surface area contributed by atoms with E-state index in [9.17, 15) is 0 Å². The van der Waals surface area contributed by atoms with Gasteiger partial charge in [-0.05, 0) is 119 Å². The van der Waals surface area contributed by atoms with Gasteiger partial charge >= 0.3 is 0 Å². The molecule has 2 aliphatic carbocycles. The van der Waals surface area contributed by atoms with E-state index >= 15 is 0 Å². The van der Waals surface area contributed by atoms with Gasteiger partial charge in [0.25, 0.3) is 0 Å². The summed E-state index contributed by atoms with van der Waals surface area (Å²) in [6, 6.07) is 22.2. The molecule has 3 aromatic carbocycles. The van der Waals surface area contributed by atoms with Crippen molar-refractivity contribution >= 4 is 11.6 Å². The van der Waals surface area contributed by atoms with Crippen LogP contribution in [0.5, 0.6) is 0 Å². The Hall–Kier alpha value is -3.32. The van der Waals surface area contributed by atoms with Gasteiger partial charge in [0.1, 0.15) is 11.5 Å². The molecule has 0 N–H and O–H groups in total. The van der Waals surface area contributed by atoms with E-state index in [4.69, 9.17) is 4.42 Å². The predicted molar refractivity (Wildman–Crippen MR) is 134 cm³/mol. The molecule has 4 aromatic rings. The Labute approximate surface area is 190 Å². The zero-order valence-corrected chi connectivity index (χ0v) is 19.1. The molecule has 1 heterocycles. The van der Waals surface area contributed by atoms with Crippen molar-refractivity contribution in [1.29, 1.82) is 0 Å². The van der Waals surface area contributed by atoms with Gasteiger partial charge < -0.3 is 4.42 Å². The number of aryl methyl sites for hydroxylation is 4. The fraction of sp³-hybridized carbons (Fsp3) is 0.226. The summed E-state index contributed by atoms with van der Waals surface area (Å²) in [6.07, 6.45) is 6.95. The number of hydrogen-bond acceptors (Lipinski definition) is 1. The largest absolute Gasteiger partial charge is 0.462 e. The average molecular weight is 417 g/mol. The van der Waals surface area contributed by atoms with Gasteiger partial charge in [0.2, 0.25) is 0 Å². The predicted octanol–water partition coefficient (Wildman–Crippen LogP) is 8.12. The second kappa shape index (κ2) is 7.38. The first-order chi connectivity index (χ1) is 15.6. The third-order valence-corrected chi connectivity index (χ3v) is 7.18. The fourth-order valence-electron chi connectivity index (χ4n) is 5.84. The molecule has 32 heavy (non-hydrogen) atoms. The van der Waals surface area contributed by atoms with Gasteiger partial charge in [-0.15, -0.1) is 0 Å². The Morgan fingerprint density at radius 2 is 1.50 bits per heavy atom. The van der Waals surface area contributed by atoms with E-state index in [0.29, 0.717) is 0 Å². The second-order valence-corrected chi connectivity index (χ2v) is 9.42. The third-order valence-electron chi connectivity index (χ3n) is 7.18. The Kier molecular flexibility index (Phi) is 4.47. The van der Waals surface area contributed by atoms with Crippen LogP contribution in [-0.2, 0) is 19.3 Å². The highest BCUT2D eigenvalue weighted by atomic mass is 16.3. The van der Waals surface area contributed by atoms with E-state index in [2.05, 4.69) is 80.6 Å². The molecule has 0 unspecified atom stereocenters. The number of hydrogen-bond donors (Lipinski definition) is 0. The van der Waals surface area contributed by atoms with E-state index in [0.717, 1.165) is 17.9 Å². The molecule has 0 saturated heterocycles. The maximum Gasteiger partial charge on any atom is 0.130 e. The average Bonchev–Trinajstić information content (AvgIpc) is 3.51. The normalized spacial score (nSPS) is 14.4. The molecule has 2 aliphatic rings. The molecule has 1 aromatic heterocycles. The van der Waals surface area contributed by atoms with Gasteiger partial charge in [-0.25, -0.2) is 0 Å². The lowest BCUT2D eigenvalue weighted by Crippen LogP contribution is -1.99. The first-order valence-corrected chi connectivity index (χ1v) is 11.7. The van der Waals surface area contributed by atoms with Gasteiger partial charge in [-0.2, -0.15) is 0 Å². The summed E-state index contributed by atoms with van der Waals surface area (Å²) in [5.74, 6) is 1.99. The summed E-state index contributed by atoms with van der Waals surface area (Å²) < 4.78 is 5.98. The van der Waals surface area contributed by atoms with Crippen molar-refractivity contribution in [3.8, 4) is 22.3 Å². The smallest absolute Gasteiger partial charge is 0.130 e. The Bertz CT molecular complexity index is 1360. The molecule has 0 spiro atoms. The molecule has 0 amide bonds. The fourth-order valence-corrected chi connectivity index (χ4v) is 5.84. The highest BCUT2D eigenvalue weighted by molar-refractivity contribution is 5.93. The monoisotopic (exact) mass is 416 g/mol. The highest BCUT2D eigenvalue weighted by Gasteiger charge is 2.27. The maximum atomic E-state index is 5.98. The zero-order chi connectivity index (χ0) is 21.8. The quantitative estimate of drug-likeness (QED) is 0.329. The number of allylic oxidation sites excluding steroid dienone is 1. The number of rotatable bonds is 3. The van der Waals surface area contributed by atoms with Crippen molar-refractivity contribution in [2.24, 2.45) is 0 Å². The molecule has 1 heteroatoms. The molecular weight excluding hydrogens is 388 g/mol. The summed E-state index contributed by atoms with van der Waals surface area (Å²) in [5.41, 5.74) is 15.5. The summed E-state index contributed by atoms with van der Waals surface area (Å²) in [5, 5.41) is 0. The maximum absolute atomic E-state index is 5.98.